The second kappa shape index (κ2) is 4.92. The molecule has 0 bridgehead atoms. The summed E-state index contributed by atoms with van der Waals surface area (Å²) in [7, 11) is 0. The summed E-state index contributed by atoms with van der Waals surface area (Å²) in [6, 6.07) is 4.63. The first kappa shape index (κ1) is 12.2. The van der Waals surface area contributed by atoms with Crippen LogP contribution in [-0.2, 0) is 13.0 Å². The van der Waals surface area contributed by atoms with Gasteiger partial charge < -0.3 is 10.3 Å². The second-order valence-electron chi connectivity index (χ2n) is 4.79. The lowest BCUT2D eigenvalue weighted by atomic mass is 10.0. The summed E-state index contributed by atoms with van der Waals surface area (Å²) in [6.45, 7) is 8.36. The van der Waals surface area contributed by atoms with Crippen molar-refractivity contribution in [2.45, 2.75) is 40.2 Å². The van der Waals surface area contributed by atoms with Crippen molar-refractivity contribution < 1.29 is 0 Å². The third-order valence-electron chi connectivity index (χ3n) is 3.57. The van der Waals surface area contributed by atoms with E-state index in [0.717, 1.165) is 25.9 Å². The van der Waals surface area contributed by atoms with Crippen molar-refractivity contribution in [1.29, 1.82) is 0 Å². The number of fused-ring (bicyclic) bond motifs is 1. The minimum absolute atomic E-state index is 0.768. The molecule has 0 unspecified atom stereocenters. The second-order valence-corrected chi connectivity index (χ2v) is 4.79. The molecule has 2 N–H and O–H groups in total. The monoisotopic (exact) mass is 230 g/mol. The smallest absolute Gasteiger partial charge is 0.0485 e. The maximum Gasteiger partial charge on any atom is 0.0485 e. The summed E-state index contributed by atoms with van der Waals surface area (Å²) in [5.41, 5.74) is 11.2. The molecule has 0 radical (unpaired) electrons. The molecule has 17 heavy (non-hydrogen) atoms. The van der Waals surface area contributed by atoms with E-state index in [1.807, 2.05) is 0 Å². The molecule has 0 aliphatic rings. The molecular formula is C15H22N2. The van der Waals surface area contributed by atoms with Crippen LogP contribution in [0.15, 0.2) is 18.3 Å². The molecule has 0 saturated carbocycles. The van der Waals surface area contributed by atoms with Crippen LogP contribution in [0.3, 0.4) is 0 Å². The fourth-order valence-electron chi connectivity index (χ4n) is 2.38. The maximum absolute atomic E-state index is 5.61. The highest BCUT2D eigenvalue weighted by atomic mass is 14.9. The van der Waals surface area contributed by atoms with E-state index >= 15 is 0 Å². The lowest BCUT2D eigenvalue weighted by molar-refractivity contribution is 0.781. The van der Waals surface area contributed by atoms with Crippen LogP contribution in [0.4, 0.5) is 0 Å². The van der Waals surface area contributed by atoms with Gasteiger partial charge >= 0.3 is 0 Å². The minimum atomic E-state index is 0.768. The first-order valence-corrected chi connectivity index (χ1v) is 6.46. The number of rotatable bonds is 4. The van der Waals surface area contributed by atoms with E-state index in [1.165, 1.54) is 27.6 Å². The molecule has 0 saturated heterocycles. The molecular weight excluding hydrogens is 208 g/mol. The summed E-state index contributed by atoms with van der Waals surface area (Å²) >= 11 is 0. The highest BCUT2D eigenvalue weighted by Gasteiger charge is 2.08. The van der Waals surface area contributed by atoms with Gasteiger partial charge in [0.25, 0.3) is 0 Å². The first-order chi connectivity index (χ1) is 8.17. The topological polar surface area (TPSA) is 30.9 Å². The van der Waals surface area contributed by atoms with Crippen LogP contribution in [0.25, 0.3) is 10.9 Å². The predicted octanol–water partition coefficient (Wildman–Crippen LogP) is 3.17. The van der Waals surface area contributed by atoms with Crippen molar-refractivity contribution in [3.8, 4) is 0 Å². The van der Waals surface area contributed by atoms with Gasteiger partial charge in [-0.25, -0.2) is 0 Å². The molecule has 2 rings (SSSR count). The predicted molar refractivity (Wildman–Crippen MR) is 74.5 cm³/mol. The molecule has 2 heteroatoms. The van der Waals surface area contributed by atoms with E-state index in [4.69, 9.17) is 5.73 Å². The van der Waals surface area contributed by atoms with Gasteiger partial charge in [-0.15, -0.1) is 0 Å². The Hall–Kier alpha value is -1.28. The highest BCUT2D eigenvalue weighted by molar-refractivity contribution is 5.85. The van der Waals surface area contributed by atoms with Gasteiger partial charge in [-0.3, -0.25) is 0 Å². The number of nitrogens with zero attached hydrogens (tertiary/aromatic N) is 1. The van der Waals surface area contributed by atoms with Crippen molar-refractivity contribution in [2.75, 3.05) is 6.54 Å². The molecule has 0 fully saturated rings. The molecule has 1 aromatic heterocycles. The first-order valence-electron chi connectivity index (χ1n) is 6.46. The van der Waals surface area contributed by atoms with Crippen molar-refractivity contribution in [3.05, 3.63) is 35.0 Å². The number of aryl methyl sites for hydroxylation is 4. The Kier molecular flexibility index (Phi) is 3.53. The average Bonchev–Trinajstić information content (AvgIpc) is 2.65. The van der Waals surface area contributed by atoms with Crippen LogP contribution in [0.2, 0.25) is 0 Å². The maximum atomic E-state index is 5.61. The third kappa shape index (κ3) is 2.22. The quantitative estimate of drug-likeness (QED) is 0.859. The molecule has 0 aliphatic heterocycles. The number of nitrogens with two attached hydrogens (primary N) is 1. The van der Waals surface area contributed by atoms with Crippen LogP contribution in [0, 0.1) is 13.8 Å². The number of hydrogen-bond acceptors (Lipinski definition) is 1. The van der Waals surface area contributed by atoms with Gasteiger partial charge in [-0.2, -0.15) is 0 Å². The van der Waals surface area contributed by atoms with Gasteiger partial charge in [-0.05, 0) is 69.0 Å². The number of benzene rings is 1. The van der Waals surface area contributed by atoms with Gasteiger partial charge in [0.2, 0.25) is 0 Å². The van der Waals surface area contributed by atoms with Gasteiger partial charge in [0.1, 0.15) is 0 Å². The van der Waals surface area contributed by atoms with Crippen molar-refractivity contribution >= 4 is 10.9 Å². The van der Waals surface area contributed by atoms with Gasteiger partial charge in [0.05, 0.1) is 0 Å². The summed E-state index contributed by atoms with van der Waals surface area (Å²) in [6.07, 6.45) is 4.44. The Morgan fingerprint density at radius 1 is 1.18 bits per heavy atom. The third-order valence-corrected chi connectivity index (χ3v) is 3.57. The largest absolute Gasteiger partial charge is 0.347 e. The molecule has 1 heterocycles. The van der Waals surface area contributed by atoms with E-state index in [2.05, 4.69) is 43.7 Å². The standard InChI is InChI=1S/C15H22N2/c1-4-17-10-13(6-5-7-16)14-8-11(2)12(3)9-15(14)17/h8-10H,4-7,16H2,1-3H3. The molecule has 0 atom stereocenters. The number of hydrogen-bond donors (Lipinski definition) is 1. The van der Waals surface area contributed by atoms with E-state index < -0.39 is 0 Å². The molecule has 0 amide bonds. The molecule has 0 spiro atoms. The normalized spacial score (nSPS) is 11.3. The van der Waals surface area contributed by atoms with E-state index in [9.17, 15) is 0 Å². The zero-order valence-electron chi connectivity index (χ0n) is 11.1. The summed E-state index contributed by atoms with van der Waals surface area (Å²) in [4.78, 5) is 0. The lowest BCUT2D eigenvalue weighted by Gasteiger charge is -2.04. The van der Waals surface area contributed by atoms with Crippen LogP contribution in [-0.4, -0.2) is 11.1 Å². The Labute approximate surface area is 103 Å². The van der Waals surface area contributed by atoms with E-state index in [1.54, 1.807) is 0 Å². The van der Waals surface area contributed by atoms with E-state index in [0.29, 0.717) is 0 Å². The summed E-state index contributed by atoms with van der Waals surface area (Å²) in [5, 5.41) is 1.41. The van der Waals surface area contributed by atoms with Gasteiger partial charge in [-0.1, -0.05) is 0 Å². The van der Waals surface area contributed by atoms with Crippen molar-refractivity contribution in [1.82, 2.24) is 4.57 Å². The molecule has 1 aromatic carbocycles. The Balaban J connectivity index is 2.57. The van der Waals surface area contributed by atoms with Crippen LogP contribution < -0.4 is 5.73 Å². The van der Waals surface area contributed by atoms with Crippen molar-refractivity contribution in [3.63, 3.8) is 0 Å². The molecule has 0 aliphatic carbocycles. The Bertz CT molecular complexity index is 523. The van der Waals surface area contributed by atoms with Crippen molar-refractivity contribution in [2.24, 2.45) is 5.73 Å². The van der Waals surface area contributed by atoms with Crippen LogP contribution in [0.1, 0.15) is 30.0 Å². The van der Waals surface area contributed by atoms with Crippen LogP contribution in [0.5, 0.6) is 0 Å². The molecule has 2 nitrogen and oxygen atoms in total. The summed E-state index contributed by atoms with van der Waals surface area (Å²) < 4.78 is 2.34. The fourth-order valence-corrected chi connectivity index (χ4v) is 2.38. The minimum Gasteiger partial charge on any atom is -0.347 e. The SMILES string of the molecule is CCn1cc(CCCN)c2cc(C)c(C)cc21. The number of aromatic nitrogens is 1. The Morgan fingerprint density at radius 3 is 2.53 bits per heavy atom. The molecule has 92 valence electrons. The lowest BCUT2D eigenvalue weighted by Crippen LogP contribution is -2.00. The van der Waals surface area contributed by atoms with Crippen LogP contribution >= 0.6 is 0 Å². The molecule has 2 aromatic rings. The fraction of sp³-hybridized carbons (Fsp3) is 0.467. The van der Waals surface area contributed by atoms with Gasteiger partial charge in [0, 0.05) is 23.6 Å². The van der Waals surface area contributed by atoms with E-state index in [-0.39, 0.29) is 0 Å². The Morgan fingerprint density at radius 2 is 1.88 bits per heavy atom. The zero-order chi connectivity index (χ0) is 12.4. The zero-order valence-corrected chi connectivity index (χ0v) is 11.1. The average molecular weight is 230 g/mol. The van der Waals surface area contributed by atoms with Gasteiger partial charge in [0.15, 0.2) is 0 Å². The highest BCUT2D eigenvalue weighted by Crippen LogP contribution is 2.25. The summed E-state index contributed by atoms with van der Waals surface area (Å²) in [5.74, 6) is 0.